The number of nitrogens with two attached hydrogens (primary N) is 1. The minimum Gasteiger partial charge on any atom is -0.383 e. The van der Waals surface area contributed by atoms with Crippen LogP contribution in [0.3, 0.4) is 0 Å². The number of hydrogen-bond acceptors (Lipinski definition) is 5. The van der Waals surface area contributed by atoms with Crippen LogP contribution in [0.15, 0.2) is 16.0 Å². The van der Waals surface area contributed by atoms with Crippen LogP contribution < -0.4 is 11.3 Å². The number of nitrogens with one attached hydrogen (secondary N) is 1. The van der Waals surface area contributed by atoms with E-state index in [9.17, 15) is 4.79 Å². The van der Waals surface area contributed by atoms with Gasteiger partial charge in [0.1, 0.15) is 5.82 Å². The maximum absolute atomic E-state index is 11.0. The Kier molecular flexibility index (Phi) is 5.20. The van der Waals surface area contributed by atoms with E-state index in [0.717, 1.165) is 25.4 Å². The second-order valence-corrected chi connectivity index (χ2v) is 3.96. The fourth-order valence-corrected chi connectivity index (χ4v) is 1.79. The van der Waals surface area contributed by atoms with Crippen molar-refractivity contribution in [1.82, 2.24) is 9.97 Å². The zero-order valence-corrected chi connectivity index (χ0v) is 9.47. The molecule has 1 aromatic rings. The number of ether oxygens (including phenoxy) is 1. The minimum absolute atomic E-state index is 0.213. The molecule has 0 aromatic carbocycles. The summed E-state index contributed by atoms with van der Waals surface area (Å²) in [5.74, 6) is 1.11. The van der Waals surface area contributed by atoms with E-state index in [0.29, 0.717) is 5.16 Å². The molecule has 84 valence electrons. The zero-order valence-electron chi connectivity index (χ0n) is 8.66. The van der Waals surface area contributed by atoms with Crippen LogP contribution >= 0.6 is 11.8 Å². The molecular weight excluding hydrogens is 214 g/mol. The molecule has 1 heterocycles. The van der Waals surface area contributed by atoms with Gasteiger partial charge in [0.25, 0.3) is 5.56 Å². The summed E-state index contributed by atoms with van der Waals surface area (Å²) in [6.45, 7) is 3.43. The molecule has 3 N–H and O–H groups in total. The lowest BCUT2D eigenvalue weighted by Crippen LogP contribution is -2.09. The quantitative estimate of drug-likeness (QED) is 0.430. The molecule has 0 aliphatic carbocycles. The van der Waals surface area contributed by atoms with E-state index in [1.165, 1.54) is 17.8 Å². The van der Waals surface area contributed by atoms with Crippen LogP contribution in [0.1, 0.15) is 13.3 Å². The first kappa shape index (κ1) is 12.1. The van der Waals surface area contributed by atoms with Gasteiger partial charge >= 0.3 is 0 Å². The van der Waals surface area contributed by atoms with Gasteiger partial charge in [-0.25, -0.2) is 4.98 Å². The smallest absolute Gasteiger partial charge is 0.253 e. The van der Waals surface area contributed by atoms with E-state index >= 15 is 0 Å². The Bertz CT molecular complexity index is 353. The van der Waals surface area contributed by atoms with E-state index in [4.69, 9.17) is 10.5 Å². The highest BCUT2D eigenvalue weighted by molar-refractivity contribution is 7.99. The van der Waals surface area contributed by atoms with Gasteiger partial charge in [0.05, 0.1) is 0 Å². The molecule has 0 spiro atoms. The number of anilines is 1. The first-order valence-electron chi connectivity index (χ1n) is 4.79. The standard InChI is InChI=1S/C9H15N3O2S/c1-2-14-4-3-5-15-9-11-7(10)6-8(13)12-9/h6H,2-5H2,1H3,(H3,10,11,12,13). The van der Waals surface area contributed by atoms with Crippen molar-refractivity contribution in [3.63, 3.8) is 0 Å². The lowest BCUT2D eigenvalue weighted by molar-refractivity contribution is 0.149. The number of rotatable bonds is 6. The third-order valence-electron chi connectivity index (χ3n) is 1.62. The van der Waals surface area contributed by atoms with Crippen molar-refractivity contribution in [2.75, 3.05) is 24.7 Å². The molecule has 0 amide bonds. The molecule has 0 radical (unpaired) electrons. The summed E-state index contributed by atoms with van der Waals surface area (Å²) in [5, 5.41) is 0.566. The van der Waals surface area contributed by atoms with Gasteiger partial charge in [-0.15, -0.1) is 0 Å². The number of nitrogens with zero attached hydrogens (tertiary/aromatic N) is 1. The first-order valence-corrected chi connectivity index (χ1v) is 5.78. The van der Waals surface area contributed by atoms with Gasteiger partial charge in [0, 0.05) is 25.0 Å². The lowest BCUT2D eigenvalue weighted by atomic mass is 10.5. The largest absolute Gasteiger partial charge is 0.383 e. The highest BCUT2D eigenvalue weighted by Crippen LogP contribution is 2.12. The topological polar surface area (TPSA) is 81.0 Å². The Morgan fingerprint density at radius 2 is 2.47 bits per heavy atom. The number of H-pyrrole nitrogens is 1. The van der Waals surface area contributed by atoms with Crippen LogP contribution in [-0.2, 0) is 4.74 Å². The fraction of sp³-hybridized carbons (Fsp3) is 0.556. The molecule has 0 aliphatic heterocycles. The third kappa shape index (κ3) is 4.85. The normalized spacial score (nSPS) is 10.5. The van der Waals surface area contributed by atoms with E-state index < -0.39 is 0 Å². The molecular formula is C9H15N3O2S. The predicted molar refractivity (Wildman–Crippen MR) is 61.1 cm³/mol. The molecule has 6 heteroatoms. The summed E-state index contributed by atoms with van der Waals surface area (Å²) in [6, 6.07) is 1.27. The molecule has 0 atom stereocenters. The summed E-state index contributed by atoms with van der Waals surface area (Å²) in [7, 11) is 0. The summed E-state index contributed by atoms with van der Waals surface area (Å²) in [4.78, 5) is 17.6. The Hall–Kier alpha value is -1.01. The van der Waals surface area contributed by atoms with Crippen LogP contribution in [0.5, 0.6) is 0 Å². The Labute approximate surface area is 92.4 Å². The van der Waals surface area contributed by atoms with E-state index in [1.54, 1.807) is 0 Å². The van der Waals surface area contributed by atoms with Gasteiger partial charge in [-0.1, -0.05) is 11.8 Å². The second kappa shape index (κ2) is 6.47. The summed E-state index contributed by atoms with van der Waals surface area (Å²) in [6.07, 6.45) is 0.928. The van der Waals surface area contributed by atoms with Crippen LogP contribution in [0.2, 0.25) is 0 Å². The molecule has 0 fully saturated rings. The Morgan fingerprint density at radius 1 is 1.67 bits per heavy atom. The van der Waals surface area contributed by atoms with Crippen LogP contribution in [-0.4, -0.2) is 28.9 Å². The van der Waals surface area contributed by atoms with E-state index in [2.05, 4.69) is 9.97 Å². The van der Waals surface area contributed by atoms with Crippen molar-refractivity contribution >= 4 is 17.6 Å². The van der Waals surface area contributed by atoms with Crippen molar-refractivity contribution in [3.05, 3.63) is 16.4 Å². The van der Waals surface area contributed by atoms with Crippen LogP contribution in [0.4, 0.5) is 5.82 Å². The maximum atomic E-state index is 11.0. The average molecular weight is 229 g/mol. The number of thioether (sulfide) groups is 1. The van der Waals surface area contributed by atoms with Crippen LogP contribution in [0, 0.1) is 0 Å². The molecule has 0 saturated carbocycles. The highest BCUT2D eigenvalue weighted by Gasteiger charge is 1.99. The first-order chi connectivity index (χ1) is 7.22. The number of nitrogen functional groups attached to an aromatic ring is 1. The molecule has 1 aromatic heterocycles. The molecule has 1 rings (SSSR count). The van der Waals surface area contributed by atoms with Crippen LogP contribution in [0.25, 0.3) is 0 Å². The molecule has 0 bridgehead atoms. The SMILES string of the molecule is CCOCCCSc1nc(N)cc(=O)[nH]1. The fourth-order valence-electron chi connectivity index (χ4n) is 0.996. The molecule has 5 nitrogen and oxygen atoms in total. The molecule has 0 aliphatic rings. The van der Waals surface area contributed by atoms with Crippen molar-refractivity contribution in [1.29, 1.82) is 0 Å². The van der Waals surface area contributed by atoms with E-state index in [-0.39, 0.29) is 11.4 Å². The van der Waals surface area contributed by atoms with Gasteiger partial charge in [0.15, 0.2) is 5.16 Å². The molecule has 0 unspecified atom stereocenters. The van der Waals surface area contributed by atoms with Gasteiger partial charge in [-0.05, 0) is 13.3 Å². The van der Waals surface area contributed by atoms with Crippen molar-refractivity contribution in [2.24, 2.45) is 0 Å². The van der Waals surface area contributed by atoms with Crippen molar-refractivity contribution in [2.45, 2.75) is 18.5 Å². The highest BCUT2D eigenvalue weighted by atomic mass is 32.2. The van der Waals surface area contributed by atoms with Gasteiger partial charge < -0.3 is 15.5 Å². The maximum Gasteiger partial charge on any atom is 0.253 e. The minimum atomic E-state index is -0.213. The van der Waals surface area contributed by atoms with Crippen molar-refractivity contribution in [3.8, 4) is 0 Å². The van der Waals surface area contributed by atoms with Gasteiger partial charge in [-0.3, -0.25) is 4.79 Å². The third-order valence-corrected chi connectivity index (χ3v) is 2.58. The number of aromatic amines is 1. The van der Waals surface area contributed by atoms with E-state index in [1.807, 2.05) is 6.92 Å². The monoisotopic (exact) mass is 229 g/mol. The second-order valence-electron chi connectivity index (χ2n) is 2.87. The van der Waals surface area contributed by atoms with Gasteiger partial charge in [0.2, 0.25) is 0 Å². The lowest BCUT2D eigenvalue weighted by Gasteiger charge is -2.01. The Balaban J connectivity index is 2.34. The molecule has 0 saturated heterocycles. The molecule has 15 heavy (non-hydrogen) atoms. The predicted octanol–water partition coefficient (Wildman–Crippen LogP) is 0.871. The Morgan fingerprint density at radius 3 is 3.13 bits per heavy atom. The van der Waals surface area contributed by atoms with Crippen molar-refractivity contribution < 1.29 is 4.74 Å². The summed E-state index contributed by atoms with van der Waals surface area (Å²) < 4.78 is 5.19. The summed E-state index contributed by atoms with van der Waals surface area (Å²) in [5.41, 5.74) is 5.23. The zero-order chi connectivity index (χ0) is 11.1. The number of aromatic nitrogens is 2. The summed E-state index contributed by atoms with van der Waals surface area (Å²) >= 11 is 1.47. The van der Waals surface area contributed by atoms with Gasteiger partial charge in [-0.2, -0.15) is 0 Å². The number of hydrogen-bond donors (Lipinski definition) is 2. The average Bonchev–Trinajstić information content (AvgIpc) is 2.16.